The molecule has 2 aromatic rings. The fourth-order valence-electron chi connectivity index (χ4n) is 2.24. The second kappa shape index (κ2) is 5.05. The van der Waals surface area contributed by atoms with E-state index < -0.39 is 17.7 Å². The van der Waals surface area contributed by atoms with Gasteiger partial charge in [0.05, 0.1) is 16.7 Å². The van der Waals surface area contributed by atoms with E-state index in [1.54, 1.807) is 0 Å². The summed E-state index contributed by atoms with van der Waals surface area (Å²) in [5.74, 6) is -0.265. The van der Waals surface area contributed by atoms with E-state index >= 15 is 0 Å². The first kappa shape index (κ1) is 13.4. The van der Waals surface area contributed by atoms with Crippen molar-refractivity contribution in [2.75, 3.05) is 11.9 Å². The monoisotopic (exact) mass is 339 g/mol. The third-order valence-corrected chi connectivity index (χ3v) is 3.95. The van der Waals surface area contributed by atoms with Crippen molar-refractivity contribution < 1.29 is 13.5 Å². The molecule has 5 heteroatoms. The molecular formula is C15H12BrF2NO. The van der Waals surface area contributed by atoms with E-state index in [-0.39, 0.29) is 11.1 Å². The molecule has 1 aliphatic heterocycles. The van der Waals surface area contributed by atoms with Crippen molar-refractivity contribution in [3.8, 4) is 5.75 Å². The number of benzene rings is 2. The lowest BCUT2D eigenvalue weighted by molar-refractivity contribution is 0.203. The van der Waals surface area contributed by atoms with Gasteiger partial charge in [-0.05, 0) is 52.7 Å². The second-order valence-electron chi connectivity index (χ2n) is 4.73. The van der Waals surface area contributed by atoms with Gasteiger partial charge in [-0.1, -0.05) is 6.07 Å². The molecular weight excluding hydrogens is 328 g/mol. The van der Waals surface area contributed by atoms with Gasteiger partial charge >= 0.3 is 0 Å². The van der Waals surface area contributed by atoms with E-state index in [2.05, 4.69) is 21.2 Å². The minimum atomic E-state index is -0.559. The molecule has 1 aliphatic rings. The van der Waals surface area contributed by atoms with E-state index in [0.29, 0.717) is 12.3 Å². The molecule has 1 heterocycles. The maximum atomic E-state index is 14.0. The Balaban J connectivity index is 1.98. The number of rotatable bonds is 1. The highest BCUT2D eigenvalue weighted by Crippen LogP contribution is 2.40. The van der Waals surface area contributed by atoms with Crippen LogP contribution in [0.5, 0.6) is 5.75 Å². The van der Waals surface area contributed by atoms with Gasteiger partial charge in [-0.3, -0.25) is 0 Å². The molecule has 1 atom stereocenters. The van der Waals surface area contributed by atoms with Crippen molar-refractivity contribution in [3.63, 3.8) is 0 Å². The van der Waals surface area contributed by atoms with Gasteiger partial charge in [0.2, 0.25) is 0 Å². The lowest BCUT2D eigenvalue weighted by atomic mass is 10.0. The maximum absolute atomic E-state index is 14.0. The smallest absolute Gasteiger partial charge is 0.157 e. The molecule has 2 aromatic carbocycles. The molecule has 104 valence electrons. The Kier molecular flexibility index (Phi) is 3.38. The lowest BCUT2D eigenvalue weighted by Gasteiger charge is -2.28. The zero-order valence-electron chi connectivity index (χ0n) is 10.7. The Morgan fingerprint density at radius 3 is 2.85 bits per heavy atom. The summed E-state index contributed by atoms with van der Waals surface area (Å²) < 4.78 is 34.2. The molecule has 0 aliphatic carbocycles. The lowest BCUT2D eigenvalue weighted by Crippen LogP contribution is -2.24. The molecule has 2 nitrogen and oxygen atoms in total. The van der Waals surface area contributed by atoms with Crippen molar-refractivity contribution in [2.24, 2.45) is 0 Å². The van der Waals surface area contributed by atoms with Gasteiger partial charge < -0.3 is 10.1 Å². The third kappa shape index (κ3) is 2.26. The molecule has 0 aromatic heterocycles. The molecule has 0 spiro atoms. The van der Waals surface area contributed by atoms with Crippen molar-refractivity contribution in [2.45, 2.75) is 13.0 Å². The number of aryl methyl sites for hydroxylation is 1. The summed E-state index contributed by atoms with van der Waals surface area (Å²) in [5, 5.41) is 3.17. The number of para-hydroxylation sites is 1. The number of halogens is 3. The number of nitrogens with one attached hydrogen (secondary N) is 1. The van der Waals surface area contributed by atoms with Crippen LogP contribution >= 0.6 is 15.9 Å². The topological polar surface area (TPSA) is 21.3 Å². The van der Waals surface area contributed by atoms with Crippen LogP contribution in [0.1, 0.15) is 17.2 Å². The average molecular weight is 340 g/mol. The van der Waals surface area contributed by atoms with Crippen LogP contribution in [-0.4, -0.2) is 6.54 Å². The van der Waals surface area contributed by atoms with Gasteiger partial charge in [-0.2, -0.15) is 0 Å². The predicted octanol–water partition coefficient (Wildman–Crippen LogP) is 4.58. The Labute approximate surface area is 123 Å². The van der Waals surface area contributed by atoms with Crippen molar-refractivity contribution in [1.29, 1.82) is 0 Å². The van der Waals surface area contributed by atoms with Crippen LogP contribution in [0, 0.1) is 18.6 Å². The standard InChI is InChI=1S/C15H12BrF2NO/c1-8-5-12(18)9(6-11(8)17)14-7-19-13-4-2-3-10(16)15(13)20-14/h2-6,14,19H,7H2,1H3. The largest absolute Gasteiger partial charge is 0.480 e. The molecule has 0 radical (unpaired) electrons. The summed E-state index contributed by atoms with van der Waals surface area (Å²) in [5.41, 5.74) is 1.35. The minimum Gasteiger partial charge on any atom is -0.480 e. The number of anilines is 1. The molecule has 1 N–H and O–H groups in total. The molecule has 1 unspecified atom stereocenters. The number of hydrogen-bond donors (Lipinski definition) is 1. The maximum Gasteiger partial charge on any atom is 0.157 e. The molecule has 0 bridgehead atoms. The summed E-state index contributed by atoms with van der Waals surface area (Å²) in [4.78, 5) is 0. The quantitative estimate of drug-likeness (QED) is 0.820. The fraction of sp³-hybridized carbons (Fsp3) is 0.200. The zero-order valence-corrected chi connectivity index (χ0v) is 12.3. The van der Waals surface area contributed by atoms with Gasteiger partial charge in [0.15, 0.2) is 5.75 Å². The van der Waals surface area contributed by atoms with Crippen LogP contribution in [-0.2, 0) is 0 Å². The summed E-state index contributed by atoms with van der Waals surface area (Å²) in [6, 6.07) is 8.01. The Morgan fingerprint density at radius 2 is 2.05 bits per heavy atom. The Hall–Kier alpha value is -1.62. The summed E-state index contributed by atoms with van der Waals surface area (Å²) in [6.45, 7) is 1.93. The van der Waals surface area contributed by atoms with Gasteiger partial charge in [0, 0.05) is 5.56 Å². The van der Waals surface area contributed by atoms with E-state index in [1.165, 1.54) is 19.1 Å². The van der Waals surface area contributed by atoms with E-state index in [9.17, 15) is 8.78 Å². The van der Waals surface area contributed by atoms with Crippen LogP contribution in [0.25, 0.3) is 0 Å². The highest BCUT2D eigenvalue weighted by atomic mass is 79.9. The zero-order chi connectivity index (χ0) is 14.3. The first-order valence-electron chi connectivity index (χ1n) is 6.21. The molecule has 3 rings (SSSR count). The second-order valence-corrected chi connectivity index (χ2v) is 5.58. The normalized spacial score (nSPS) is 17.1. The van der Waals surface area contributed by atoms with Gasteiger partial charge in [-0.25, -0.2) is 8.78 Å². The van der Waals surface area contributed by atoms with Crippen molar-refractivity contribution in [1.82, 2.24) is 0 Å². The van der Waals surface area contributed by atoms with Gasteiger partial charge in [-0.15, -0.1) is 0 Å². The number of ether oxygens (including phenoxy) is 1. The Bertz CT molecular complexity index is 675. The van der Waals surface area contributed by atoms with Gasteiger partial charge in [0.1, 0.15) is 17.7 Å². The van der Waals surface area contributed by atoms with Crippen LogP contribution in [0.3, 0.4) is 0 Å². The van der Waals surface area contributed by atoms with Crippen LogP contribution in [0.2, 0.25) is 0 Å². The van der Waals surface area contributed by atoms with E-state index in [4.69, 9.17) is 4.74 Å². The fourth-order valence-corrected chi connectivity index (χ4v) is 2.70. The Morgan fingerprint density at radius 1 is 1.25 bits per heavy atom. The molecule has 20 heavy (non-hydrogen) atoms. The van der Waals surface area contributed by atoms with Crippen LogP contribution in [0.15, 0.2) is 34.8 Å². The SMILES string of the molecule is Cc1cc(F)c(C2CNc3cccc(Br)c3O2)cc1F. The van der Waals surface area contributed by atoms with Crippen molar-refractivity contribution >= 4 is 21.6 Å². The average Bonchev–Trinajstić information content (AvgIpc) is 2.43. The number of fused-ring (bicyclic) bond motifs is 1. The van der Waals surface area contributed by atoms with Gasteiger partial charge in [0.25, 0.3) is 0 Å². The summed E-state index contributed by atoms with van der Waals surface area (Å²) in [6.07, 6.45) is -0.559. The highest BCUT2D eigenvalue weighted by Gasteiger charge is 2.25. The highest BCUT2D eigenvalue weighted by molar-refractivity contribution is 9.10. The third-order valence-electron chi connectivity index (χ3n) is 3.33. The van der Waals surface area contributed by atoms with E-state index in [0.717, 1.165) is 10.2 Å². The first-order valence-corrected chi connectivity index (χ1v) is 7.00. The molecule has 0 saturated heterocycles. The van der Waals surface area contributed by atoms with Crippen molar-refractivity contribution in [3.05, 3.63) is 57.6 Å². The summed E-state index contributed by atoms with van der Waals surface area (Å²) in [7, 11) is 0. The molecule has 0 amide bonds. The summed E-state index contributed by atoms with van der Waals surface area (Å²) >= 11 is 3.39. The predicted molar refractivity (Wildman–Crippen MR) is 77.1 cm³/mol. The van der Waals surface area contributed by atoms with Crippen LogP contribution in [0.4, 0.5) is 14.5 Å². The number of hydrogen-bond acceptors (Lipinski definition) is 2. The minimum absolute atomic E-state index is 0.224. The molecule has 0 saturated carbocycles. The van der Waals surface area contributed by atoms with Crippen LogP contribution < -0.4 is 10.1 Å². The molecule has 0 fully saturated rings. The first-order chi connectivity index (χ1) is 9.56. The van der Waals surface area contributed by atoms with E-state index in [1.807, 2.05) is 18.2 Å².